The van der Waals surface area contributed by atoms with E-state index in [1.54, 1.807) is 0 Å². The average molecular weight is 517 g/mol. The molecule has 190 valence electrons. The van der Waals surface area contributed by atoms with Crippen molar-refractivity contribution in [3.05, 3.63) is 40.3 Å². The van der Waals surface area contributed by atoms with Gasteiger partial charge in [0.1, 0.15) is 5.00 Å². The van der Waals surface area contributed by atoms with Crippen molar-refractivity contribution in [3.63, 3.8) is 0 Å². The van der Waals surface area contributed by atoms with Crippen molar-refractivity contribution in [3.8, 4) is 0 Å². The van der Waals surface area contributed by atoms with Crippen LogP contribution in [0.5, 0.6) is 0 Å². The standard InChI is InChI=1S/C27H36N2O4S2/c1-7-9-22(30)28-18-10-8-11-19(15-18)34-16(2)24(31)29-25-23(26(32)33-6)20-13-12-17(27(3,4)5)14-21(20)35-25/h8,10-11,15-17H,7,9,12-14H2,1-6H3,(H,28,30)(H,29,31). The third-order valence-electron chi connectivity index (χ3n) is 6.39. The molecule has 2 N–H and O–H groups in total. The molecule has 1 heterocycles. The zero-order valence-corrected chi connectivity index (χ0v) is 23.1. The molecule has 0 radical (unpaired) electrons. The Hall–Kier alpha value is -2.32. The van der Waals surface area contributed by atoms with E-state index in [1.165, 1.54) is 35.1 Å². The number of amides is 2. The predicted octanol–water partition coefficient (Wildman–Crippen LogP) is 6.54. The molecule has 0 fully saturated rings. The lowest BCUT2D eigenvalue weighted by Crippen LogP contribution is -2.26. The Morgan fingerprint density at radius 1 is 1.23 bits per heavy atom. The summed E-state index contributed by atoms with van der Waals surface area (Å²) in [4.78, 5) is 39.7. The Balaban J connectivity index is 1.74. The minimum absolute atomic E-state index is 0.0221. The number of thioether (sulfide) groups is 1. The first-order valence-corrected chi connectivity index (χ1v) is 13.8. The van der Waals surface area contributed by atoms with E-state index in [0.29, 0.717) is 28.6 Å². The maximum Gasteiger partial charge on any atom is 0.341 e. The zero-order chi connectivity index (χ0) is 25.8. The lowest BCUT2D eigenvalue weighted by atomic mass is 9.72. The number of hydrogen-bond acceptors (Lipinski definition) is 6. The molecule has 1 aromatic carbocycles. The number of methoxy groups -OCH3 is 1. The monoisotopic (exact) mass is 516 g/mol. The molecule has 2 unspecified atom stereocenters. The molecule has 0 bridgehead atoms. The van der Waals surface area contributed by atoms with Gasteiger partial charge in [0.2, 0.25) is 11.8 Å². The summed E-state index contributed by atoms with van der Waals surface area (Å²) in [7, 11) is 1.38. The van der Waals surface area contributed by atoms with E-state index in [9.17, 15) is 14.4 Å². The van der Waals surface area contributed by atoms with Crippen molar-refractivity contribution < 1.29 is 19.1 Å². The number of ether oxygens (including phenoxy) is 1. The number of carbonyl (C=O) groups excluding carboxylic acids is 3. The minimum atomic E-state index is -0.400. The fourth-order valence-electron chi connectivity index (χ4n) is 4.30. The largest absolute Gasteiger partial charge is 0.465 e. The Bertz CT molecular complexity index is 1090. The van der Waals surface area contributed by atoms with Gasteiger partial charge in [-0.1, -0.05) is 33.8 Å². The number of carbonyl (C=O) groups is 3. The van der Waals surface area contributed by atoms with Gasteiger partial charge in [-0.3, -0.25) is 9.59 Å². The molecule has 2 atom stereocenters. The Morgan fingerprint density at radius 2 is 1.97 bits per heavy atom. The molecule has 1 aliphatic rings. The van der Waals surface area contributed by atoms with Gasteiger partial charge < -0.3 is 15.4 Å². The summed E-state index contributed by atoms with van der Waals surface area (Å²) < 4.78 is 5.07. The van der Waals surface area contributed by atoms with Gasteiger partial charge in [-0.05, 0) is 67.7 Å². The van der Waals surface area contributed by atoms with E-state index >= 15 is 0 Å². The van der Waals surface area contributed by atoms with Gasteiger partial charge in [0.05, 0.1) is 17.9 Å². The van der Waals surface area contributed by atoms with Crippen molar-refractivity contribution in [1.29, 1.82) is 0 Å². The molecule has 6 nitrogen and oxygen atoms in total. The molecule has 35 heavy (non-hydrogen) atoms. The van der Waals surface area contributed by atoms with E-state index in [-0.39, 0.29) is 17.2 Å². The first-order valence-electron chi connectivity index (χ1n) is 12.1. The van der Waals surface area contributed by atoms with Crippen molar-refractivity contribution in [1.82, 2.24) is 0 Å². The summed E-state index contributed by atoms with van der Waals surface area (Å²) in [6.45, 7) is 10.6. The molecule has 0 aliphatic heterocycles. The molecule has 0 saturated heterocycles. The predicted molar refractivity (Wildman–Crippen MR) is 145 cm³/mol. The molecule has 2 aromatic rings. The number of rotatable bonds is 8. The normalized spacial score (nSPS) is 16.2. The lowest BCUT2D eigenvalue weighted by Gasteiger charge is -2.33. The van der Waals surface area contributed by atoms with Gasteiger partial charge >= 0.3 is 5.97 Å². The zero-order valence-electron chi connectivity index (χ0n) is 21.4. The Morgan fingerprint density at radius 3 is 2.63 bits per heavy atom. The lowest BCUT2D eigenvalue weighted by molar-refractivity contribution is -0.116. The van der Waals surface area contributed by atoms with E-state index in [4.69, 9.17) is 4.74 Å². The van der Waals surface area contributed by atoms with Gasteiger partial charge in [0.25, 0.3) is 0 Å². The Kier molecular flexibility index (Phi) is 9.05. The van der Waals surface area contributed by atoms with Gasteiger partial charge in [0.15, 0.2) is 0 Å². The quantitative estimate of drug-likeness (QED) is 0.307. The molecular formula is C27H36N2O4S2. The van der Waals surface area contributed by atoms with Crippen LogP contribution in [0.15, 0.2) is 29.2 Å². The number of hydrogen-bond donors (Lipinski definition) is 2. The van der Waals surface area contributed by atoms with Crippen LogP contribution in [0.4, 0.5) is 10.7 Å². The summed E-state index contributed by atoms with van der Waals surface area (Å²) in [5.41, 5.74) is 2.43. The van der Waals surface area contributed by atoms with E-state index in [1.807, 2.05) is 38.1 Å². The van der Waals surface area contributed by atoms with Gasteiger partial charge in [0, 0.05) is 21.9 Å². The highest BCUT2D eigenvalue weighted by atomic mass is 32.2. The van der Waals surface area contributed by atoms with Crippen LogP contribution in [0, 0.1) is 11.3 Å². The highest BCUT2D eigenvalue weighted by Gasteiger charge is 2.34. The first-order chi connectivity index (χ1) is 16.5. The number of benzene rings is 1. The SMILES string of the molecule is CCCC(=O)Nc1cccc(SC(C)C(=O)Nc2sc3c(c2C(=O)OC)CCC(C(C)(C)C)C3)c1. The van der Waals surface area contributed by atoms with Crippen LogP contribution in [0.1, 0.15) is 74.7 Å². The third-order valence-corrected chi connectivity index (χ3v) is 8.66. The number of fused-ring (bicyclic) bond motifs is 1. The fraction of sp³-hybridized carbons (Fsp3) is 0.519. The van der Waals surface area contributed by atoms with Crippen LogP contribution < -0.4 is 10.6 Å². The highest BCUT2D eigenvalue weighted by Crippen LogP contribution is 2.44. The van der Waals surface area contributed by atoms with Crippen LogP contribution in [-0.2, 0) is 27.2 Å². The molecule has 1 aromatic heterocycles. The van der Waals surface area contributed by atoms with E-state index in [2.05, 4.69) is 31.4 Å². The molecule has 0 saturated carbocycles. The first kappa shape index (κ1) is 27.3. The van der Waals surface area contributed by atoms with Crippen LogP contribution in [0.3, 0.4) is 0 Å². The maximum absolute atomic E-state index is 13.1. The number of anilines is 2. The third kappa shape index (κ3) is 6.88. The van der Waals surface area contributed by atoms with Gasteiger partial charge in [-0.25, -0.2) is 4.79 Å². The van der Waals surface area contributed by atoms with Gasteiger partial charge in [-0.15, -0.1) is 23.1 Å². The minimum Gasteiger partial charge on any atom is -0.465 e. The number of esters is 1. The van der Waals surface area contributed by atoms with Crippen LogP contribution >= 0.6 is 23.1 Å². The second-order valence-electron chi connectivity index (χ2n) is 10.1. The Labute approximate surface area is 216 Å². The molecular weight excluding hydrogens is 480 g/mol. The average Bonchev–Trinajstić information content (AvgIpc) is 3.15. The van der Waals surface area contributed by atoms with Crippen LogP contribution in [0.25, 0.3) is 0 Å². The molecule has 1 aliphatic carbocycles. The van der Waals surface area contributed by atoms with E-state index < -0.39 is 11.2 Å². The smallest absolute Gasteiger partial charge is 0.341 e. The number of thiophene rings is 1. The number of nitrogens with one attached hydrogen (secondary N) is 2. The topological polar surface area (TPSA) is 84.5 Å². The van der Waals surface area contributed by atoms with Crippen molar-refractivity contribution in [2.24, 2.45) is 11.3 Å². The fourth-order valence-corrected chi connectivity index (χ4v) is 6.54. The second-order valence-corrected chi connectivity index (χ2v) is 12.6. The maximum atomic E-state index is 13.1. The summed E-state index contributed by atoms with van der Waals surface area (Å²) in [5.74, 6) is -0.0669. The molecule has 2 amide bonds. The molecule has 3 rings (SSSR count). The van der Waals surface area contributed by atoms with Crippen molar-refractivity contribution in [2.45, 2.75) is 76.9 Å². The highest BCUT2D eigenvalue weighted by molar-refractivity contribution is 8.00. The summed E-state index contributed by atoms with van der Waals surface area (Å²) in [5, 5.41) is 6.08. The van der Waals surface area contributed by atoms with E-state index in [0.717, 1.165) is 36.1 Å². The van der Waals surface area contributed by atoms with Crippen molar-refractivity contribution >= 4 is 51.6 Å². The van der Waals surface area contributed by atoms with Crippen molar-refractivity contribution in [2.75, 3.05) is 17.7 Å². The summed E-state index contributed by atoms with van der Waals surface area (Å²) >= 11 is 2.91. The second kappa shape index (κ2) is 11.6. The molecule has 0 spiro atoms. The van der Waals surface area contributed by atoms with Crippen LogP contribution in [-0.4, -0.2) is 30.1 Å². The summed E-state index contributed by atoms with van der Waals surface area (Å²) in [6.07, 6.45) is 4.00. The van der Waals surface area contributed by atoms with Gasteiger partial charge in [-0.2, -0.15) is 0 Å². The summed E-state index contributed by atoms with van der Waals surface area (Å²) in [6, 6.07) is 7.49. The molecule has 8 heteroatoms. The van der Waals surface area contributed by atoms with Crippen LogP contribution in [0.2, 0.25) is 0 Å².